The molecule has 104 valence electrons. The molecule has 0 saturated carbocycles. The molecule has 0 aliphatic carbocycles. The quantitative estimate of drug-likeness (QED) is 0.359. The number of rotatable bonds is 10. The molecule has 1 amide bonds. The highest BCUT2D eigenvalue weighted by atomic mass is 16.5. The zero-order valence-electron chi connectivity index (χ0n) is 10.1. The Morgan fingerprint density at radius 3 is 2.44 bits per heavy atom. The molecule has 0 radical (unpaired) electrons. The van der Waals surface area contributed by atoms with Crippen LogP contribution in [0.3, 0.4) is 0 Å². The Kier molecular flexibility index (Phi) is 8.50. The fourth-order valence-corrected chi connectivity index (χ4v) is 1.15. The Labute approximate surface area is 104 Å². The molecule has 18 heavy (non-hydrogen) atoms. The lowest BCUT2D eigenvalue weighted by Gasteiger charge is -2.13. The van der Waals surface area contributed by atoms with Gasteiger partial charge >= 0.3 is 11.9 Å². The van der Waals surface area contributed by atoms with E-state index in [4.69, 9.17) is 14.9 Å². The first-order valence-corrected chi connectivity index (χ1v) is 5.41. The van der Waals surface area contributed by atoms with Gasteiger partial charge in [-0.05, 0) is 6.42 Å². The Morgan fingerprint density at radius 1 is 1.28 bits per heavy atom. The third-order valence-electron chi connectivity index (χ3n) is 2.05. The Morgan fingerprint density at radius 2 is 1.94 bits per heavy atom. The predicted molar refractivity (Wildman–Crippen MR) is 61.2 cm³/mol. The van der Waals surface area contributed by atoms with E-state index in [2.05, 4.69) is 10.6 Å². The summed E-state index contributed by atoms with van der Waals surface area (Å²) in [7, 11) is 1.52. The average Bonchev–Trinajstić information content (AvgIpc) is 2.29. The van der Waals surface area contributed by atoms with Crippen molar-refractivity contribution in [2.45, 2.75) is 18.9 Å². The third-order valence-corrected chi connectivity index (χ3v) is 2.05. The highest BCUT2D eigenvalue weighted by Crippen LogP contribution is 1.97. The van der Waals surface area contributed by atoms with Gasteiger partial charge in [-0.2, -0.15) is 0 Å². The van der Waals surface area contributed by atoms with Gasteiger partial charge in [0.25, 0.3) is 0 Å². The SMILES string of the molecule is COCCNCC(=O)NC(CCC(=O)O)C(=O)O. The van der Waals surface area contributed by atoms with Crippen LogP contribution in [0.25, 0.3) is 0 Å². The zero-order chi connectivity index (χ0) is 14.0. The number of ether oxygens (including phenoxy) is 1. The van der Waals surface area contributed by atoms with Gasteiger partial charge in [0.1, 0.15) is 6.04 Å². The summed E-state index contributed by atoms with van der Waals surface area (Å²) in [5.41, 5.74) is 0. The summed E-state index contributed by atoms with van der Waals surface area (Å²) < 4.78 is 4.75. The largest absolute Gasteiger partial charge is 0.481 e. The van der Waals surface area contributed by atoms with E-state index in [0.717, 1.165) is 0 Å². The van der Waals surface area contributed by atoms with Gasteiger partial charge in [0, 0.05) is 20.1 Å². The van der Waals surface area contributed by atoms with E-state index in [1.165, 1.54) is 7.11 Å². The van der Waals surface area contributed by atoms with E-state index in [0.29, 0.717) is 13.2 Å². The van der Waals surface area contributed by atoms with Crippen molar-refractivity contribution in [2.75, 3.05) is 26.8 Å². The summed E-state index contributed by atoms with van der Waals surface area (Å²) in [5.74, 6) is -2.85. The molecule has 0 aromatic rings. The second-order valence-corrected chi connectivity index (χ2v) is 3.56. The fraction of sp³-hybridized carbons (Fsp3) is 0.700. The van der Waals surface area contributed by atoms with Crippen molar-refractivity contribution in [3.63, 3.8) is 0 Å². The van der Waals surface area contributed by atoms with Crippen molar-refractivity contribution in [3.8, 4) is 0 Å². The molecular weight excluding hydrogens is 244 g/mol. The summed E-state index contributed by atoms with van der Waals surface area (Å²) in [6, 6.07) is -1.18. The highest BCUT2D eigenvalue weighted by Gasteiger charge is 2.20. The van der Waals surface area contributed by atoms with Gasteiger partial charge in [-0.3, -0.25) is 9.59 Å². The van der Waals surface area contributed by atoms with Crippen LogP contribution in [0, 0.1) is 0 Å². The summed E-state index contributed by atoms with van der Waals surface area (Å²) in [6.07, 6.45) is -0.456. The van der Waals surface area contributed by atoms with E-state index >= 15 is 0 Å². The minimum Gasteiger partial charge on any atom is -0.481 e. The first-order valence-electron chi connectivity index (χ1n) is 5.41. The Balaban J connectivity index is 3.96. The van der Waals surface area contributed by atoms with E-state index in [9.17, 15) is 14.4 Å². The molecule has 0 saturated heterocycles. The second-order valence-electron chi connectivity index (χ2n) is 3.56. The van der Waals surface area contributed by atoms with Crippen LogP contribution in [-0.4, -0.2) is 60.9 Å². The molecule has 4 N–H and O–H groups in total. The molecule has 0 aliphatic rings. The molecule has 0 rings (SSSR count). The van der Waals surface area contributed by atoms with Crippen molar-refractivity contribution in [3.05, 3.63) is 0 Å². The molecule has 0 spiro atoms. The maximum Gasteiger partial charge on any atom is 0.326 e. The Bertz CT molecular complexity index is 294. The highest BCUT2D eigenvalue weighted by molar-refractivity contribution is 5.85. The van der Waals surface area contributed by atoms with E-state index < -0.39 is 23.9 Å². The van der Waals surface area contributed by atoms with Crippen LogP contribution in [0.15, 0.2) is 0 Å². The first kappa shape index (κ1) is 16.3. The van der Waals surface area contributed by atoms with Crippen molar-refractivity contribution < 1.29 is 29.3 Å². The van der Waals surface area contributed by atoms with Gasteiger partial charge in [0.05, 0.1) is 13.2 Å². The van der Waals surface area contributed by atoms with Gasteiger partial charge < -0.3 is 25.6 Å². The smallest absolute Gasteiger partial charge is 0.326 e. The number of methoxy groups -OCH3 is 1. The summed E-state index contributed by atoms with van der Waals surface area (Å²) in [4.78, 5) is 32.4. The minimum absolute atomic E-state index is 0.0415. The van der Waals surface area contributed by atoms with Crippen LogP contribution in [0.2, 0.25) is 0 Å². The van der Waals surface area contributed by atoms with Crippen LogP contribution >= 0.6 is 0 Å². The lowest BCUT2D eigenvalue weighted by atomic mass is 10.1. The summed E-state index contributed by atoms with van der Waals surface area (Å²) in [5, 5.41) is 22.2. The van der Waals surface area contributed by atoms with E-state index in [1.54, 1.807) is 0 Å². The molecule has 0 aromatic heterocycles. The standard InChI is InChI=1S/C10H18N2O6/c1-18-5-4-11-6-8(13)12-7(10(16)17)2-3-9(14)15/h7,11H,2-6H2,1H3,(H,12,13)(H,14,15)(H,16,17). The monoisotopic (exact) mass is 262 g/mol. The van der Waals surface area contributed by atoms with Crippen LogP contribution in [0.5, 0.6) is 0 Å². The molecule has 0 aliphatic heterocycles. The predicted octanol–water partition coefficient (Wildman–Crippen LogP) is -1.34. The number of carboxylic acids is 2. The maximum atomic E-state index is 11.3. The van der Waals surface area contributed by atoms with Crippen LogP contribution < -0.4 is 10.6 Å². The molecular formula is C10H18N2O6. The number of aliphatic carboxylic acids is 2. The van der Waals surface area contributed by atoms with Gasteiger partial charge in [-0.15, -0.1) is 0 Å². The van der Waals surface area contributed by atoms with Crippen LogP contribution in [0.4, 0.5) is 0 Å². The molecule has 0 heterocycles. The number of carbonyl (C=O) groups excluding carboxylic acids is 1. The van der Waals surface area contributed by atoms with Gasteiger partial charge in [0.2, 0.25) is 5.91 Å². The molecule has 8 nitrogen and oxygen atoms in total. The van der Waals surface area contributed by atoms with Crippen molar-refractivity contribution in [1.82, 2.24) is 10.6 Å². The average molecular weight is 262 g/mol. The molecule has 0 bridgehead atoms. The van der Waals surface area contributed by atoms with Crippen molar-refractivity contribution in [2.24, 2.45) is 0 Å². The lowest BCUT2D eigenvalue weighted by molar-refractivity contribution is -0.142. The number of nitrogens with one attached hydrogen (secondary N) is 2. The molecule has 1 atom stereocenters. The normalized spacial score (nSPS) is 11.8. The number of hydrogen-bond donors (Lipinski definition) is 4. The molecule has 0 fully saturated rings. The lowest BCUT2D eigenvalue weighted by Crippen LogP contribution is -2.45. The molecule has 0 aromatic carbocycles. The van der Waals surface area contributed by atoms with Crippen molar-refractivity contribution in [1.29, 1.82) is 0 Å². The van der Waals surface area contributed by atoms with Gasteiger partial charge in [-0.1, -0.05) is 0 Å². The van der Waals surface area contributed by atoms with Crippen LogP contribution in [-0.2, 0) is 19.1 Å². The van der Waals surface area contributed by atoms with E-state index in [1.807, 2.05) is 0 Å². The van der Waals surface area contributed by atoms with Crippen molar-refractivity contribution >= 4 is 17.8 Å². The zero-order valence-corrected chi connectivity index (χ0v) is 10.1. The minimum atomic E-state index is -1.25. The topological polar surface area (TPSA) is 125 Å². The number of carboxylic acid groups (broad SMARTS) is 2. The molecule has 1 unspecified atom stereocenters. The summed E-state index contributed by atoms with van der Waals surface area (Å²) >= 11 is 0. The Hall–Kier alpha value is -1.67. The number of hydrogen-bond acceptors (Lipinski definition) is 5. The third kappa shape index (κ3) is 8.48. The fourth-order valence-electron chi connectivity index (χ4n) is 1.15. The second kappa shape index (κ2) is 9.37. The van der Waals surface area contributed by atoms with Gasteiger partial charge in [0.15, 0.2) is 0 Å². The number of carbonyl (C=O) groups is 3. The summed E-state index contributed by atoms with van der Waals surface area (Å²) in [6.45, 7) is 0.867. The maximum absolute atomic E-state index is 11.3. The number of amides is 1. The first-order chi connectivity index (χ1) is 8.47. The van der Waals surface area contributed by atoms with Crippen LogP contribution in [0.1, 0.15) is 12.8 Å². The molecule has 8 heteroatoms. The van der Waals surface area contributed by atoms with Gasteiger partial charge in [-0.25, -0.2) is 4.79 Å². The van der Waals surface area contributed by atoms with E-state index in [-0.39, 0.29) is 19.4 Å².